The summed E-state index contributed by atoms with van der Waals surface area (Å²) in [5.41, 5.74) is 0.675. The number of aromatic nitrogens is 1. The summed E-state index contributed by atoms with van der Waals surface area (Å²) in [6.45, 7) is 1.14. The van der Waals surface area contributed by atoms with Crippen molar-refractivity contribution < 1.29 is 13.6 Å². The van der Waals surface area contributed by atoms with E-state index in [0.717, 1.165) is 0 Å². The van der Waals surface area contributed by atoms with E-state index in [1.165, 1.54) is 29.7 Å². The van der Waals surface area contributed by atoms with E-state index < -0.39 is 0 Å². The summed E-state index contributed by atoms with van der Waals surface area (Å²) in [6, 6.07) is 7.71. The average molecular weight is 333 g/mol. The highest BCUT2D eigenvalue weighted by Gasteiger charge is 2.23. The van der Waals surface area contributed by atoms with Gasteiger partial charge in [0.05, 0.1) is 16.5 Å². The molecule has 2 heterocycles. The van der Waals surface area contributed by atoms with Crippen LogP contribution in [0.5, 0.6) is 0 Å². The molecule has 0 bridgehead atoms. The van der Waals surface area contributed by atoms with Crippen molar-refractivity contribution in [1.82, 2.24) is 9.88 Å². The number of likely N-dealkylation sites (N-methyl/N-ethyl adjacent to an activating group) is 1. The van der Waals surface area contributed by atoms with Gasteiger partial charge in [0, 0.05) is 13.1 Å². The van der Waals surface area contributed by atoms with E-state index in [4.69, 9.17) is 4.42 Å². The second kappa shape index (κ2) is 6.47. The van der Waals surface area contributed by atoms with Crippen LogP contribution in [0.25, 0.3) is 10.2 Å². The van der Waals surface area contributed by atoms with Gasteiger partial charge in [-0.15, -0.1) is 0 Å². The molecule has 5 nitrogen and oxygen atoms in total. The van der Waals surface area contributed by atoms with Crippen LogP contribution in [0.3, 0.4) is 0 Å². The lowest BCUT2D eigenvalue weighted by molar-refractivity contribution is 0.0958. The first-order valence-corrected chi connectivity index (χ1v) is 7.92. The minimum Gasteiger partial charge on any atom is -0.459 e. The molecule has 0 saturated heterocycles. The predicted molar refractivity (Wildman–Crippen MR) is 88.5 cm³/mol. The predicted octanol–water partition coefficient (Wildman–Crippen LogP) is 3.24. The second-order valence-electron chi connectivity index (χ2n) is 5.35. The Morgan fingerprint density at radius 3 is 2.83 bits per heavy atom. The maximum Gasteiger partial charge on any atom is 0.295 e. The first-order valence-electron chi connectivity index (χ1n) is 7.11. The average Bonchev–Trinajstić information content (AvgIpc) is 3.15. The van der Waals surface area contributed by atoms with Gasteiger partial charge in [0.25, 0.3) is 5.91 Å². The molecule has 0 saturated carbocycles. The van der Waals surface area contributed by atoms with Crippen molar-refractivity contribution in [2.75, 3.05) is 32.1 Å². The van der Waals surface area contributed by atoms with Gasteiger partial charge in [-0.3, -0.25) is 9.69 Å². The summed E-state index contributed by atoms with van der Waals surface area (Å²) in [4.78, 5) is 20.7. The Morgan fingerprint density at radius 2 is 2.13 bits per heavy atom. The molecule has 0 aliphatic rings. The Balaban J connectivity index is 1.96. The van der Waals surface area contributed by atoms with Gasteiger partial charge < -0.3 is 9.32 Å². The number of anilines is 1. The number of amides is 1. The lowest BCUT2D eigenvalue weighted by Crippen LogP contribution is -2.36. The van der Waals surface area contributed by atoms with E-state index in [2.05, 4.69) is 4.98 Å². The summed E-state index contributed by atoms with van der Waals surface area (Å²) in [6.07, 6.45) is 1.46. The van der Waals surface area contributed by atoms with Crippen LogP contribution in [-0.2, 0) is 0 Å². The first kappa shape index (κ1) is 15.6. The Bertz CT molecular complexity index is 814. The van der Waals surface area contributed by atoms with Crippen LogP contribution < -0.4 is 4.90 Å². The van der Waals surface area contributed by atoms with Crippen molar-refractivity contribution in [2.45, 2.75) is 0 Å². The molecule has 0 spiro atoms. The van der Waals surface area contributed by atoms with E-state index in [9.17, 15) is 9.18 Å². The molecule has 1 aromatic carbocycles. The van der Waals surface area contributed by atoms with Crippen LogP contribution >= 0.6 is 11.3 Å². The number of carbonyl (C=O) groups is 1. The summed E-state index contributed by atoms with van der Waals surface area (Å²) in [5.74, 6) is -0.310. The van der Waals surface area contributed by atoms with E-state index in [0.29, 0.717) is 28.4 Å². The van der Waals surface area contributed by atoms with Crippen LogP contribution in [0.2, 0.25) is 0 Å². The van der Waals surface area contributed by atoms with Gasteiger partial charge in [-0.25, -0.2) is 9.37 Å². The van der Waals surface area contributed by atoms with Crippen molar-refractivity contribution in [2.24, 2.45) is 0 Å². The molecule has 0 aliphatic heterocycles. The summed E-state index contributed by atoms with van der Waals surface area (Å²) in [5, 5.41) is 0.536. The van der Waals surface area contributed by atoms with Crippen molar-refractivity contribution in [3.8, 4) is 0 Å². The molecule has 0 radical (unpaired) electrons. The summed E-state index contributed by atoms with van der Waals surface area (Å²) >= 11 is 1.29. The van der Waals surface area contributed by atoms with Crippen LogP contribution in [0.4, 0.5) is 9.52 Å². The smallest absolute Gasteiger partial charge is 0.295 e. The molecular formula is C16H16FN3O2S. The lowest BCUT2D eigenvalue weighted by Gasteiger charge is -2.20. The molecule has 7 heteroatoms. The van der Waals surface area contributed by atoms with Gasteiger partial charge in [0.1, 0.15) is 5.82 Å². The number of rotatable bonds is 5. The Labute approximate surface area is 136 Å². The van der Waals surface area contributed by atoms with Crippen molar-refractivity contribution in [3.05, 3.63) is 48.2 Å². The Hall–Kier alpha value is -2.25. The van der Waals surface area contributed by atoms with Crippen LogP contribution in [0, 0.1) is 5.82 Å². The minimum atomic E-state index is -0.315. The molecule has 23 heavy (non-hydrogen) atoms. The van der Waals surface area contributed by atoms with Crippen LogP contribution in [0.1, 0.15) is 10.6 Å². The standard InChI is InChI=1S/C16H16FN3O2S/c1-19(2)7-8-20(15(21)13-4-3-9-22-13)16-18-12-6-5-11(17)10-14(12)23-16/h3-6,9-10H,7-8H2,1-2H3. The molecule has 0 atom stereocenters. The number of nitrogens with zero attached hydrogens (tertiary/aromatic N) is 3. The Morgan fingerprint density at radius 1 is 1.30 bits per heavy atom. The van der Waals surface area contributed by atoms with E-state index in [1.807, 2.05) is 19.0 Å². The fourth-order valence-corrected chi connectivity index (χ4v) is 3.13. The number of hydrogen-bond donors (Lipinski definition) is 0. The maximum atomic E-state index is 13.4. The van der Waals surface area contributed by atoms with E-state index >= 15 is 0 Å². The monoisotopic (exact) mass is 333 g/mol. The fraction of sp³-hybridized carbons (Fsp3) is 0.250. The van der Waals surface area contributed by atoms with Crippen LogP contribution in [-0.4, -0.2) is 43.0 Å². The molecule has 0 fully saturated rings. The molecular weight excluding hydrogens is 317 g/mol. The third-order valence-corrected chi connectivity index (χ3v) is 4.36. The maximum absolute atomic E-state index is 13.4. The number of halogens is 1. The third kappa shape index (κ3) is 3.40. The molecule has 1 amide bonds. The molecule has 0 unspecified atom stereocenters. The van der Waals surface area contributed by atoms with E-state index in [-0.39, 0.29) is 17.5 Å². The van der Waals surface area contributed by atoms with Crippen molar-refractivity contribution in [1.29, 1.82) is 0 Å². The van der Waals surface area contributed by atoms with Crippen molar-refractivity contribution >= 4 is 32.6 Å². The fourth-order valence-electron chi connectivity index (χ4n) is 2.12. The number of furan rings is 1. The first-order chi connectivity index (χ1) is 11.0. The van der Waals surface area contributed by atoms with Gasteiger partial charge in [-0.05, 0) is 44.4 Å². The number of fused-ring (bicyclic) bond motifs is 1. The quantitative estimate of drug-likeness (QED) is 0.719. The minimum absolute atomic E-state index is 0.253. The Kier molecular flexibility index (Phi) is 4.40. The number of thiazole rings is 1. The lowest BCUT2D eigenvalue weighted by atomic mass is 10.3. The van der Waals surface area contributed by atoms with Gasteiger partial charge in [-0.1, -0.05) is 11.3 Å². The molecule has 2 aromatic heterocycles. The van der Waals surface area contributed by atoms with Crippen molar-refractivity contribution in [3.63, 3.8) is 0 Å². The second-order valence-corrected chi connectivity index (χ2v) is 6.35. The van der Waals surface area contributed by atoms with E-state index in [1.54, 1.807) is 23.1 Å². The zero-order valence-electron chi connectivity index (χ0n) is 12.8. The molecule has 0 aliphatic carbocycles. The number of benzene rings is 1. The largest absolute Gasteiger partial charge is 0.459 e. The molecule has 3 rings (SSSR count). The molecule has 3 aromatic rings. The van der Waals surface area contributed by atoms with Gasteiger partial charge in [0.2, 0.25) is 0 Å². The van der Waals surface area contributed by atoms with Gasteiger partial charge in [-0.2, -0.15) is 0 Å². The zero-order valence-corrected chi connectivity index (χ0v) is 13.6. The highest BCUT2D eigenvalue weighted by molar-refractivity contribution is 7.22. The highest BCUT2D eigenvalue weighted by atomic mass is 32.1. The van der Waals surface area contributed by atoms with Crippen LogP contribution in [0.15, 0.2) is 41.0 Å². The van der Waals surface area contributed by atoms with Gasteiger partial charge >= 0.3 is 0 Å². The molecule has 0 N–H and O–H groups in total. The number of hydrogen-bond acceptors (Lipinski definition) is 5. The highest BCUT2D eigenvalue weighted by Crippen LogP contribution is 2.30. The number of carbonyl (C=O) groups excluding carboxylic acids is 1. The molecule has 120 valence electrons. The van der Waals surface area contributed by atoms with Gasteiger partial charge in [0.15, 0.2) is 10.9 Å². The summed E-state index contributed by atoms with van der Waals surface area (Å²) < 4.78 is 19.3. The third-order valence-electron chi connectivity index (χ3n) is 3.32. The normalized spacial score (nSPS) is 11.3. The topological polar surface area (TPSA) is 49.6 Å². The zero-order chi connectivity index (χ0) is 16.4. The summed E-state index contributed by atoms with van der Waals surface area (Å²) in [7, 11) is 3.87. The SMILES string of the molecule is CN(C)CCN(C(=O)c1ccco1)c1nc2ccc(F)cc2s1.